The van der Waals surface area contributed by atoms with E-state index in [2.05, 4.69) is 18.0 Å². The molecule has 0 aliphatic rings. The Bertz CT molecular complexity index is 934. The van der Waals surface area contributed by atoms with E-state index in [-0.39, 0.29) is 0 Å². The number of aromatic nitrogens is 2. The summed E-state index contributed by atoms with van der Waals surface area (Å²) in [6.45, 7) is 4.23. The summed E-state index contributed by atoms with van der Waals surface area (Å²) < 4.78 is 1.94. The van der Waals surface area contributed by atoms with Crippen molar-refractivity contribution in [3.05, 3.63) is 46.1 Å². The summed E-state index contributed by atoms with van der Waals surface area (Å²) in [7, 11) is 0. The van der Waals surface area contributed by atoms with Crippen molar-refractivity contribution in [3.63, 3.8) is 0 Å². The van der Waals surface area contributed by atoms with Gasteiger partial charge in [-0.2, -0.15) is 5.26 Å². The predicted molar refractivity (Wildman–Crippen MR) is 104 cm³/mol. The first-order valence-electron chi connectivity index (χ1n) is 9.17. The Morgan fingerprint density at radius 1 is 1.12 bits per heavy atom. The minimum atomic E-state index is 0.640. The Morgan fingerprint density at radius 3 is 2.60 bits per heavy atom. The molecule has 3 aromatic rings. The maximum Gasteiger partial charge on any atom is 0.157 e. The predicted octanol–water partition coefficient (Wildman–Crippen LogP) is 6.22. The molecule has 0 unspecified atom stereocenters. The smallest absolute Gasteiger partial charge is 0.157 e. The zero-order valence-corrected chi connectivity index (χ0v) is 15.7. The highest BCUT2D eigenvalue weighted by Gasteiger charge is 2.19. The van der Waals surface area contributed by atoms with Crippen LogP contribution in [0.15, 0.2) is 24.3 Å². The van der Waals surface area contributed by atoms with Crippen LogP contribution in [0.25, 0.3) is 16.7 Å². The van der Waals surface area contributed by atoms with E-state index in [1.807, 2.05) is 35.6 Å². The zero-order valence-electron chi connectivity index (χ0n) is 15.0. The van der Waals surface area contributed by atoms with Crippen molar-refractivity contribution in [2.45, 2.75) is 58.8 Å². The van der Waals surface area contributed by atoms with Gasteiger partial charge in [0.05, 0.1) is 16.6 Å². The van der Waals surface area contributed by atoms with Crippen LogP contribution in [0.3, 0.4) is 0 Å². The number of nitriles is 1. The quantitative estimate of drug-likeness (QED) is 0.373. The van der Waals surface area contributed by atoms with Crippen LogP contribution in [0.4, 0.5) is 0 Å². The molecule has 1 aromatic carbocycles. The number of pyridine rings is 1. The third-order valence-electron chi connectivity index (χ3n) is 4.95. The van der Waals surface area contributed by atoms with Gasteiger partial charge in [-0.1, -0.05) is 62.8 Å². The van der Waals surface area contributed by atoms with Crippen LogP contribution in [0.2, 0.25) is 5.15 Å². The van der Waals surface area contributed by atoms with Crippen molar-refractivity contribution in [2.24, 2.45) is 0 Å². The largest absolute Gasteiger partial charge is 0.281 e. The van der Waals surface area contributed by atoms with Gasteiger partial charge in [-0.25, -0.2) is 4.98 Å². The van der Waals surface area contributed by atoms with Gasteiger partial charge in [-0.3, -0.25) is 4.40 Å². The first kappa shape index (κ1) is 17.8. The summed E-state index contributed by atoms with van der Waals surface area (Å²) in [4.78, 5) is 4.63. The number of hydrogen-bond acceptors (Lipinski definition) is 2. The van der Waals surface area contributed by atoms with Crippen molar-refractivity contribution in [1.82, 2.24) is 9.38 Å². The molecule has 0 saturated carbocycles. The molecule has 3 rings (SSSR count). The van der Waals surface area contributed by atoms with Crippen molar-refractivity contribution in [1.29, 1.82) is 5.26 Å². The fourth-order valence-electron chi connectivity index (χ4n) is 3.51. The van der Waals surface area contributed by atoms with Crippen LogP contribution >= 0.6 is 11.6 Å². The Labute approximate surface area is 154 Å². The van der Waals surface area contributed by atoms with Crippen LogP contribution in [0.5, 0.6) is 0 Å². The maximum atomic E-state index is 9.68. The van der Waals surface area contributed by atoms with E-state index in [4.69, 9.17) is 11.6 Å². The lowest BCUT2D eigenvalue weighted by Gasteiger charge is -2.13. The molecule has 2 heterocycles. The number of imidazole rings is 1. The summed E-state index contributed by atoms with van der Waals surface area (Å²) in [5, 5.41) is 10.4. The van der Waals surface area contributed by atoms with E-state index in [9.17, 15) is 5.26 Å². The number of hydrogen-bond donors (Lipinski definition) is 0. The number of fused-ring (bicyclic) bond motifs is 3. The number of nitrogens with zero attached hydrogens (tertiary/aromatic N) is 3. The molecule has 0 bridgehead atoms. The van der Waals surface area contributed by atoms with E-state index in [0.29, 0.717) is 16.4 Å². The molecule has 130 valence electrons. The van der Waals surface area contributed by atoms with Gasteiger partial charge < -0.3 is 0 Å². The maximum absolute atomic E-state index is 9.68. The van der Waals surface area contributed by atoms with E-state index >= 15 is 0 Å². The Morgan fingerprint density at radius 2 is 1.84 bits per heavy atom. The number of unbranched alkanes of at least 4 members (excludes halogenated alkanes) is 5. The average molecular weight is 354 g/mol. The molecule has 25 heavy (non-hydrogen) atoms. The van der Waals surface area contributed by atoms with Crippen LogP contribution in [0, 0.1) is 18.3 Å². The third-order valence-corrected chi connectivity index (χ3v) is 5.35. The van der Waals surface area contributed by atoms with Crippen molar-refractivity contribution in [3.8, 4) is 6.07 Å². The molecule has 0 saturated heterocycles. The van der Waals surface area contributed by atoms with E-state index < -0.39 is 0 Å². The molecule has 3 nitrogen and oxygen atoms in total. The van der Waals surface area contributed by atoms with E-state index in [0.717, 1.165) is 35.0 Å². The van der Waals surface area contributed by atoms with Gasteiger partial charge in [0.25, 0.3) is 0 Å². The molecule has 0 aliphatic carbocycles. The molecule has 2 aromatic heterocycles. The fraction of sp³-hybridized carbons (Fsp3) is 0.429. The van der Waals surface area contributed by atoms with Crippen LogP contribution in [-0.4, -0.2) is 9.38 Å². The van der Waals surface area contributed by atoms with Crippen molar-refractivity contribution >= 4 is 28.3 Å². The lowest BCUT2D eigenvalue weighted by Crippen LogP contribution is -2.03. The Hall–Kier alpha value is -2.05. The SMILES string of the molecule is CCCCCCCCc1c(C)c(C#N)c2nc3ccccc3n2c1Cl. The topological polar surface area (TPSA) is 41.1 Å². The molecule has 0 spiro atoms. The molecule has 0 aliphatic heterocycles. The molecule has 0 radical (unpaired) electrons. The number of halogens is 1. The van der Waals surface area contributed by atoms with E-state index in [1.165, 1.54) is 32.1 Å². The third kappa shape index (κ3) is 3.37. The Balaban J connectivity index is 1.98. The van der Waals surface area contributed by atoms with Gasteiger partial charge in [-0.15, -0.1) is 0 Å². The summed E-state index contributed by atoms with van der Waals surface area (Å²) >= 11 is 6.77. The average Bonchev–Trinajstić information content (AvgIpc) is 3.00. The van der Waals surface area contributed by atoms with Gasteiger partial charge in [0.15, 0.2) is 5.65 Å². The first-order valence-corrected chi connectivity index (χ1v) is 9.55. The Kier molecular flexibility index (Phi) is 5.60. The summed E-state index contributed by atoms with van der Waals surface area (Å²) in [5.41, 5.74) is 5.20. The number of benzene rings is 1. The van der Waals surface area contributed by atoms with Gasteiger partial charge >= 0.3 is 0 Å². The molecular weight excluding hydrogens is 330 g/mol. The zero-order chi connectivity index (χ0) is 17.8. The summed E-state index contributed by atoms with van der Waals surface area (Å²) in [6.07, 6.45) is 8.37. The second-order valence-corrected chi connectivity index (χ2v) is 7.02. The van der Waals surface area contributed by atoms with Crippen molar-refractivity contribution < 1.29 is 0 Å². The highest BCUT2D eigenvalue weighted by molar-refractivity contribution is 6.31. The van der Waals surface area contributed by atoms with Gasteiger partial charge in [0.1, 0.15) is 11.2 Å². The number of para-hydroxylation sites is 2. The van der Waals surface area contributed by atoms with Crippen LogP contribution < -0.4 is 0 Å². The minimum Gasteiger partial charge on any atom is -0.281 e. The monoisotopic (exact) mass is 353 g/mol. The van der Waals surface area contributed by atoms with Crippen LogP contribution in [-0.2, 0) is 6.42 Å². The van der Waals surface area contributed by atoms with Gasteiger partial charge in [0, 0.05) is 0 Å². The second-order valence-electron chi connectivity index (χ2n) is 6.66. The minimum absolute atomic E-state index is 0.640. The van der Waals surface area contributed by atoms with Crippen molar-refractivity contribution in [2.75, 3.05) is 0 Å². The number of rotatable bonds is 7. The summed E-state index contributed by atoms with van der Waals surface area (Å²) in [6, 6.07) is 10.2. The van der Waals surface area contributed by atoms with Gasteiger partial charge in [-0.05, 0) is 43.0 Å². The summed E-state index contributed by atoms with van der Waals surface area (Å²) in [5.74, 6) is 0. The lowest BCUT2D eigenvalue weighted by molar-refractivity contribution is 0.606. The highest BCUT2D eigenvalue weighted by Crippen LogP contribution is 2.31. The molecule has 0 atom stereocenters. The normalized spacial score (nSPS) is 11.3. The standard InChI is InChI=1S/C21H24ClN3/c1-3-4-5-6-7-8-11-16-15(2)17(14-23)21-24-18-12-9-10-13-19(18)25(21)20(16)22/h9-10,12-13H,3-8,11H2,1-2H3. The molecule has 0 N–H and O–H groups in total. The van der Waals surface area contributed by atoms with Gasteiger partial charge in [0.2, 0.25) is 0 Å². The molecular formula is C21H24ClN3. The van der Waals surface area contributed by atoms with E-state index in [1.54, 1.807) is 0 Å². The first-order chi connectivity index (χ1) is 12.2. The fourth-order valence-corrected chi connectivity index (χ4v) is 3.91. The lowest BCUT2D eigenvalue weighted by atomic mass is 10.00. The highest BCUT2D eigenvalue weighted by atomic mass is 35.5. The molecule has 0 amide bonds. The molecule has 4 heteroatoms. The molecule has 0 fully saturated rings. The second kappa shape index (κ2) is 7.89. The van der Waals surface area contributed by atoms with Crippen LogP contribution in [0.1, 0.15) is 62.1 Å².